The highest BCUT2D eigenvalue weighted by molar-refractivity contribution is 6.07. The molecule has 170 valence electrons. The lowest BCUT2D eigenvalue weighted by atomic mass is 9.90. The number of rotatable bonds is 4. The Morgan fingerprint density at radius 3 is 2.58 bits per heavy atom. The topological polar surface area (TPSA) is 98.8 Å². The summed E-state index contributed by atoms with van der Waals surface area (Å²) in [6.07, 6.45) is 2.08. The number of anilines is 1. The second-order valence-corrected chi connectivity index (χ2v) is 9.16. The molecule has 3 aliphatic rings. The van der Waals surface area contributed by atoms with Crippen LogP contribution in [0.15, 0.2) is 48.5 Å². The third-order valence-electron chi connectivity index (χ3n) is 7.15. The largest absolute Gasteiger partial charge is 0.333 e. The number of hydrogen-bond donors (Lipinski definition) is 2. The first kappa shape index (κ1) is 21.2. The van der Waals surface area contributed by atoms with Crippen LogP contribution in [0.2, 0.25) is 0 Å². The van der Waals surface area contributed by atoms with E-state index in [1.807, 2.05) is 30.3 Å². The molecule has 2 aromatic carbocycles. The van der Waals surface area contributed by atoms with E-state index in [0.29, 0.717) is 31.5 Å². The van der Waals surface area contributed by atoms with Gasteiger partial charge in [0.25, 0.3) is 5.91 Å². The van der Waals surface area contributed by atoms with Crippen LogP contribution >= 0.6 is 0 Å². The minimum atomic E-state index is -0.894. The van der Waals surface area contributed by atoms with E-state index in [-0.39, 0.29) is 36.2 Å². The van der Waals surface area contributed by atoms with E-state index in [9.17, 15) is 19.2 Å². The van der Waals surface area contributed by atoms with Crippen molar-refractivity contribution in [2.24, 2.45) is 0 Å². The number of benzene rings is 2. The van der Waals surface area contributed by atoms with E-state index in [1.165, 1.54) is 10.5 Å². The van der Waals surface area contributed by atoms with Crippen LogP contribution in [0.5, 0.6) is 0 Å². The van der Waals surface area contributed by atoms with Crippen molar-refractivity contribution in [2.45, 2.75) is 37.1 Å². The van der Waals surface area contributed by atoms with Gasteiger partial charge in [0.05, 0.1) is 6.54 Å². The molecular formula is C25H26N4O4. The molecule has 1 aliphatic carbocycles. The molecule has 0 bridgehead atoms. The van der Waals surface area contributed by atoms with Gasteiger partial charge in [0.15, 0.2) is 0 Å². The zero-order chi connectivity index (χ0) is 23.2. The number of carbonyl (C=O) groups excluding carboxylic acids is 4. The highest BCUT2D eigenvalue weighted by atomic mass is 16.2. The summed E-state index contributed by atoms with van der Waals surface area (Å²) < 4.78 is 0. The molecule has 2 aliphatic heterocycles. The quantitative estimate of drug-likeness (QED) is 0.703. The van der Waals surface area contributed by atoms with Gasteiger partial charge in [-0.2, -0.15) is 0 Å². The summed E-state index contributed by atoms with van der Waals surface area (Å²) in [6.45, 7) is 0.529. The molecule has 8 heteroatoms. The van der Waals surface area contributed by atoms with Crippen LogP contribution in [0.1, 0.15) is 35.4 Å². The van der Waals surface area contributed by atoms with Crippen LogP contribution in [0.3, 0.4) is 0 Å². The Morgan fingerprint density at radius 2 is 1.85 bits per heavy atom. The fraction of sp³-hybridized carbons (Fsp3) is 0.360. The summed E-state index contributed by atoms with van der Waals surface area (Å²) in [5.74, 6) is -0.317. The van der Waals surface area contributed by atoms with Crippen molar-refractivity contribution in [2.75, 3.05) is 25.5 Å². The molecule has 2 heterocycles. The molecule has 2 atom stereocenters. The number of urea groups is 1. The maximum Gasteiger partial charge on any atom is 0.324 e. The van der Waals surface area contributed by atoms with Crippen LogP contribution in [0.4, 0.5) is 10.5 Å². The molecule has 2 aromatic rings. The fourth-order valence-electron chi connectivity index (χ4n) is 5.21. The summed E-state index contributed by atoms with van der Waals surface area (Å²) in [6, 6.07) is 15.2. The number of likely N-dealkylation sites (N-methyl/N-ethyl adjacent to an activating group) is 1. The summed E-state index contributed by atoms with van der Waals surface area (Å²) >= 11 is 0. The second kappa shape index (κ2) is 8.03. The monoisotopic (exact) mass is 446 g/mol. The number of amides is 5. The first-order valence-corrected chi connectivity index (χ1v) is 11.2. The highest BCUT2D eigenvalue weighted by Gasteiger charge is 2.54. The Hall–Kier alpha value is -3.68. The molecule has 8 nitrogen and oxygen atoms in total. The Balaban J connectivity index is 1.24. The number of nitrogens with zero attached hydrogens (tertiary/aromatic N) is 2. The molecule has 1 spiro atoms. The zero-order valence-electron chi connectivity index (χ0n) is 18.5. The van der Waals surface area contributed by atoms with Crippen LogP contribution in [0, 0.1) is 0 Å². The van der Waals surface area contributed by atoms with Crippen LogP contribution < -0.4 is 10.6 Å². The number of piperidine rings is 1. The highest BCUT2D eigenvalue weighted by Crippen LogP contribution is 2.38. The van der Waals surface area contributed by atoms with Crippen LogP contribution in [0.25, 0.3) is 0 Å². The minimum absolute atomic E-state index is 0.00281. The lowest BCUT2D eigenvalue weighted by Gasteiger charge is -2.32. The van der Waals surface area contributed by atoms with Gasteiger partial charge in [-0.15, -0.1) is 0 Å². The molecule has 0 radical (unpaired) electrons. The standard InChI is InChI=1S/C25H26N4O4/c1-28-24(33)27-23(32)25(28)12-17-7-9-20(11-19(17)13-25)26-21(30)15-29-14-18(8-10-22(29)31)16-5-3-2-4-6-16/h2-7,9,11,18H,8,10,12-15H2,1H3,(H,26,30)(H,27,32,33). The molecule has 0 aromatic heterocycles. The van der Waals surface area contributed by atoms with Crippen LogP contribution in [-0.2, 0) is 27.2 Å². The van der Waals surface area contributed by atoms with E-state index < -0.39 is 5.54 Å². The number of imide groups is 1. The van der Waals surface area contributed by atoms with E-state index in [2.05, 4.69) is 22.8 Å². The normalized spacial score (nSPS) is 24.3. The Morgan fingerprint density at radius 1 is 1.09 bits per heavy atom. The predicted octanol–water partition coefficient (Wildman–Crippen LogP) is 2.05. The molecular weight excluding hydrogens is 420 g/mol. The molecule has 2 fully saturated rings. The smallest absolute Gasteiger partial charge is 0.324 e. The summed E-state index contributed by atoms with van der Waals surface area (Å²) in [4.78, 5) is 52.7. The van der Waals surface area contributed by atoms with Gasteiger partial charge < -0.3 is 15.1 Å². The van der Waals surface area contributed by atoms with Crippen molar-refractivity contribution in [3.05, 3.63) is 65.2 Å². The van der Waals surface area contributed by atoms with Crippen molar-refractivity contribution in [1.82, 2.24) is 15.1 Å². The first-order valence-electron chi connectivity index (χ1n) is 11.2. The first-order chi connectivity index (χ1) is 15.9. The number of carbonyl (C=O) groups is 4. The predicted molar refractivity (Wildman–Crippen MR) is 122 cm³/mol. The van der Waals surface area contributed by atoms with Gasteiger partial charge in [0.2, 0.25) is 11.8 Å². The maximum atomic E-state index is 12.7. The fourth-order valence-corrected chi connectivity index (χ4v) is 5.21. The molecule has 2 unspecified atom stereocenters. The Labute approximate surface area is 191 Å². The SMILES string of the molecule is CN1C(=O)NC(=O)C12Cc1ccc(NC(=O)CN3CC(c4ccccc4)CCC3=O)cc1C2. The number of likely N-dealkylation sites (tertiary alicyclic amines) is 1. The second-order valence-electron chi connectivity index (χ2n) is 9.16. The van der Waals surface area contributed by atoms with Crippen molar-refractivity contribution in [1.29, 1.82) is 0 Å². The van der Waals surface area contributed by atoms with E-state index in [0.717, 1.165) is 17.5 Å². The number of hydrogen-bond acceptors (Lipinski definition) is 4. The van der Waals surface area contributed by atoms with Crippen molar-refractivity contribution < 1.29 is 19.2 Å². The lowest BCUT2D eigenvalue weighted by Crippen LogP contribution is -2.48. The molecule has 5 amide bonds. The molecule has 5 rings (SSSR count). The average Bonchev–Trinajstić information content (AvgIpc) is 3.29. The van der Waals surface area contributed by atoms with Gasteiger partial charge in [-0.25, -0.2) is 4.79 Å². The van der Waals surface area contributed by atoms with Gasteiger partial charge >= 0.3 is 6.03 Å². The molecule has 33 heavy (non-hydrogen) atoms. The number of fused-ring (bicyclic) bond motifs is 1. The third-order valence-corrected chi connectivity index (χ3v) is 7.15. The maximum absolute atomic E-state index is 12.7. The summed E-state index contributed by atoms with van der Waals surface area (Å²) in [5.41, 5.74) is 2.83. The average molecular weight is 447 g/mol. The summed E-state index contributed by atoms with van der Waals surface area (Å²) in [7, 11) is 1.63. The van der Waals surface area contributed by atoms with Crippen molar-refractivity contribution >= 4 is 29.4 Å². The van der Waals surface area contributed by atoms with E-state index in [1.54, 1.807) is 18.0 Å². The zero-order valence-corrected chi connectivity index (χ0v) is 18.5. The van der Waals surface area contributed by atoms with Crippen LogP contribution in [-0.4, -0.2) is 59.2 Å². The third kappa shape index (κ3) is 3.75. The van der Waals surface area contributed by atoms with E-state index in [4.69, 9.17) is 0 Å². The van der Waals surface area contributed by atoms with E-state index >= 15 is 0 Å². The lowest BCUT2D eigenvalue weighted by molar-refractivity contribution is -0.137. The summed E-state index contributed by atoms with van der Waals surface area (Å²) in [5, 5.41) is 5.28. The van der Waals surface area contributed by atoms with Gasteiger partial charge in [0, 0.05) is 44.5 Å². The molecule has 0 saturated carbocycles. The Bertz CT molecular complexity index is 1150. The minimum Gasteiger partial charge on any atom is -0.333 e. The van der Waals surface area contributed by atoms with Crippen molar-refractivity contribution in [3.63, 3.8) is 0 Å². The Kier molecular flexibility index (Phi) is 5.15. The van der Waals surface area contributed by atoms with Gasteiger partial charge in [0.1, 0.15) is 5.54 Å². The molecule has 2 saturated heterocycles. The van der Waals surface area contributed by atoms with Gasteiger partial charge in [-0.3, -0.25) is 19.7 Å². The van der Waals surface area contributed by atoms with Gasteiger partial charge in [-0.05, 0) is 35.2 Å². The number of nitrogens with one attached hydrogen (secondary N) is 2. The van der Waals surface area contributed by atoms with Gasteiger partial charge in [-0.1, -0.05) is 36.4 Å². The molecule has 2 N–H and O–H groups in total. The van der Waals surface area contributed by atoms with Crippen molar-refractivity contribution in [3.8, 4) is 0 Å².